The third-order valence-corrected chi connectivity index (χ3v) is 5.53. The standard InChI is InChI=1S/C26H22ClN3O7/c1-15-3-6-18(7-4-15)28-23(31)14-36-21-9-5-17(27)11-16(21)12-20-24(32)30(26(34)29-20)13-19-8-10-22(37-19)25(33)35-2/h3-12H,13-14H2,1-2H3,(H,28,31)(H,29,34)/b20-12-. The van der Waals surface area contributed by atoms with Crippen molar-refractivity contribution in [3.05, 3.63) is 88.0 Å². The minimum atomic E-state index is -0.676. The summed E-state index contributed by atoms with van der Waals surface area (Å²) in [4.78, 5) is 50.2. The number of rotatable bonds is 8. The number of hydrogen-bond acceptors (Lipinski definition) is 7. The molecule has 1 aliphatic heterocycles. The SMILES string of the molecule is COC(=O)c1ccc(CN2C(=O)N/C(=C\c3cc(Cl)ccc3OCC(=O)Nc3ccc(C)cc3)C2=O)o1. The lowest BCUT2D eigenvalue weighted by Crippen LogP contribution is -2.30. The van der Waals surface area contributed by atoms with Crippen molar-refractivity contribution < 1.29 is 33.1 Å². The van der Waals surface area contributed by atoms with Gasteiger partial charge in [-0.05, 0) is 55.5 Å². The fourth-order valence-electron chi connectivity index (χ4n) is 3.44. The highest BCUT2D eigenvalue weighted by Gasteiger charge is 2.34. The first-order valence-corrected chi connectivity index (χ1v) is 11.4. The van der Waals surface area contributed by atoms with Gasteiger partial charge in [0.2, 0.25) is 5.76 Å². The number of methoxy groups -OCH3 is 1. The Hall–Kier alpha value is -4.57. The van der Waals surface area contributed by atoms with Crippen LogP contribution in [0.3, 0.4) is 0 Å². The van der Waals surface area contributed by atoms with Gasteiger partial charge in [-0.15, -0.1) is 0 Å². The summed E-state index contributed by atoms with van der Waals surface area (Å²) in [5.41, 5.74) is 2.05. The summed E-state index contributed by atoms with van der Waals surface area (Å²) >= 11 is 6.13. The van der Waals surface area contributed by atoms with Gasteiger partial charge < -0.3 is 24.5 Å². The number of esters is 1. The summed E-state index contributed by atoms with van der Waals surface area (Å²) < 4.78 is 15.6. The van der Waals surface area contributed by atoms with Crippen LogP contribution in [0, 0.1) is 6.92 Å². The lowest BCUT2D eigenvalue weighted by atomic mass is 10.1. The Labute approximate surface area is 216 Å². The Morgan fingerprint density at radius 1 is 1.11 bits per heavy atom. The molecule has 1 aliphatic rings. The topological polar surface area (TPSA) is 127 Å². The van der Waals surface area contributed by atoms with Crippen LogP contribution in [0.15, 0.2) is 64.7 Å². The average molecular weight is 524 g/mol. The summed E-state index contributed by atoms with van der Waals surface area (Å²) in [5.74, 6) is -1.22. The minimum absolute atomic E-state index is 0.0269. The number of urea groups is 1. The van der Waals surface area contributed by atoms with E-state index in [-0.39, 0.29) is 42.0 Å². The molecule has 0 saturated carbocycles. The molecule has 37 heavy (non-hydrogen) atoms. The molecule has 0 spiro atoms. The first kappa shape index (κ1) is 25.5. The van der Waals surface area contributed by atoms with Crippen LogP contribution in [-0.4, -0.2) is 42.4 Å². The lowest BCUT2D eigenvalue weighted by molar-refractivity contribution is -0.123. The molecule has 1 fully saturated rings. The molecule has 4 rings (SSSR count). The molecule has 0 atom stereocenters. The Morgan fingerprint density at radius 3 is 2.59 bits per heavy atom. The molecule has 3 aromatic rings. The van der Waals surface area contributed by atoms with Crippen molar-refractivity contribution in [2.24, 2.45) is 0 Å². The van der Waals surface area contributed by atoms with Crippen molar-refractivity contribution in [3.63, 3.8) is 0 Å². The summed E-state index contributed by atoms with van der Waals surface area (Å²) in [6, 6.07) is 14.2. The molecular weight excluding hydrogens is 502 g/mol. The molecule has 0 radical (unpaired) electrons. The van der Waals surface area contributed by atoms with Crippen molar-refractivity contribution in [2.45, 2.75) is 13.5 Å². The Kier molecular flexibility index (Phi) is 7.59. The number of ether oxygens (including phenoxy) is 2. The predicted molar refractivity (Wildman–Crippen MR) is 134 cm³/mol. The Balaban J connectivity index is 1.46. The predicted octanol–water partition coefficient (Wildman–Crippen LogP) is 4.14. The number of halogens is 1. The molecular formula is C26H22ClN3O7. The van der Waals surface area contributed by atoms with Crippen molar-refractivity contribution in [3.8, 4) is 5.75 Å². The van der Waals surface area contributed by atoms with Gasteiger partial charge in [-0.2, -0.15) is 0 Å². The van der Waals surface area contributed by atoms with E-state index in [1.54, 1.807) is 30.3 Å². The summed E-state index contributed by atoms with van der Waals surface area (Å²) in [6.07, 6.45) is 1.40. The third kappa shape index (κ3) is 6.17. The van der Waals surface area contributed by atoms with Crippen molar-refractivity contribution >= 4 is 47.2 Å². The molecule has 4 amide bonds. The number of carbonyl (C=O) groups is 4. The maximum Gasteiger partial charge on any atom is 0.373 e. The Bertz CT molecular complexity index is 1400. The molecule has 0 unspecified atom stereocenters. The van der Waals surface area contributed by atoms with E-state index in [9.17, 15) is 19.2 Å². The van der Waals surface area contributed by atoms with Gasteiger partial charge in [0, 0.05) is 16.3 Å². The van der Waals surface area contributed by atoms with Crippen LogP contribution in [0.1, 0.15) is 27.4 Å². The number of hydrogen-bond donors (Lipinski definition) is 2. The number of carbonyl (C=O) groups excluding carboxylic acids is 4. The second-order valence-corrected chi connectivity index (χ2v) is 8.46. The van der Waals surface area contributed by atoms with Crippen LogP contribution >= 0.6 is 11.6 Å². The minimum Gasteiger partial charge on any atom is -0.483 e. The van der Waals surface area contributed by atoms with E-state index in [0.717, 1.165) is 10.5 Å². The normalized spacial score (nSPS) is 14.0. The van der Waals surface area contributed by atoms with Crippen LogP contribution < -0.4 is 15.4 Å². The number of anilines is 1. The number of furan rings is 1. The highest BCUT2D eigenvalue weighted by molar-refractivity contribution is 6.30. The summed E-state index contributed by atoms with van der Waals surface area (Å²) in [6.45, 7) is 1.45. The monoisotopic (exact) mass is 523 g/mol. The molecule has 0 aliphatic carbocycles. The van der Waals surface area contributed by atoms with Gasteiger partial charge in [-0.3, -0.25) is 14.5 Å². The number of aryl methyl sites for hydroxylation is 1. The number of nitrogens with zero attached hydrogens (tertiary/aromatic N) is 1. The maximum absolute atomic E-state index is 12.9. The number of imide groups is 1. The van der Waals surface area contributed by atoms with Crippen LogP contribution in [0.5, 0.6) is 5.75 Å². The van der Waals surface area contributed by atoms with E-state index >= 15 is 0 Å². The number of nitrogens with one attached hydrogen (secondary N) is 2. The molecule has 2 N–H and O–H groups in total. The van der Waals surface area contributed by atoms with E-state index in [1.807, 2.05) is 19.1 Å². The fourth-order valence-corrected chi connectivity index (χ4v) is 3.62. The zero-order valence-electron chi connectivity index (χ0n) is 19.9. The van der Waals surface area contributed by atoms with Crippen molar-refractivity contribution in [1.29, 1.82) is 0 Å². The second-order valence-electron chi connectivity index (χ2n) is 8.02. The molecule has 2 aromatic carbocycles. The molecule has 1 saturated heterocycles. The van der Waals surface area contributed by atoms with Crippen LogP contribution in [-0.2, 0) is 20.9 Å². The van der Waals surface area contributed by atoms with E-state index in [4.69, 9.17) is 20.8 Å². The van der Waals surface area contributed by atoms with E-state index in [1.165, 1.54) is 25.3 Å². The zero-order chi connectivity index (χ0) is 26.5. The van der Waals surface area contributed by atoms with Crippen LogP contribution in [0.2, 0.25) is 5.02 Å². The molecule has 1 aromatic heterocycles. The largest absolute Gasteiger partial charge is 0.483 e. The molecule has 10 nitrogen and oxygen atoms in total. The first-order chi connectivity index (χ1) is 17.7. The van der Waals surface area contributed by atoms with E-state index in [2.05, 4.69) is 15.4 Å². The number of amides is 4. The van der Waals surface area contributed by atoms with Crippen LogP contribution in [0.25, 0.3) is 6.08 Å². The lowest BCUT2D eigenvalue weighted by Gasteiger charge is -2.11. The van der Waals surface area contributed by atoms with Crippen LogP contribution in [0.4, 0.5) is 10.5 Å². The van der Waals surface area contributed by atoms with Crippen molar-refractivity contribution in [1.82, 2.24) is 10.2 Å². The zero-order valence-corrected chi connectivity index (χ0v) is 20.6. The molecule has 190 valence electrons. The fraction of sp³-hybridized carbons (Fsp3) is 0.154. The average Bonchev–Trinajstić information content (AvgIpc) is 3.45. The molecule has 11 heteroatoms. The quantitative estimate of drug-likeness (QED) is 0.258. The van der Waals surface area contributed by atoms with Crippen molar-refractivity contribution in [2.75, 3.05) is 19.0 Å². The van der Waals surface area contributed by atoms with Gasteiger partial charge in [-0.1, -0.05) is 29.3 Å². The van der Waals surface area contributed by atoms with Gasteiger partial charge >= 0.3 is 12.0 Å². The van der Waals surface area contributed by atoms with Gasteiger partial charge in [0.1, 0.15) is 17.2 Å². The summed E-state index contributed by atoms with van der Waals surface area (Å²) in [5, 5.41) is 5.60. The Morgan fingerprint density at radius 2 is 1.86 bits per heavy atom. The highest BCUT2D eigenvalue weighted by atomic mass is 35.5. The highest BCUT2D eigenvalue weighted by Crippen LogP contribution is 2.27. The molecule has 2 heterocycles. The van der Waals surface area contributed by atoms with Gasteiger partial charge in [0.05, 0.1) is 13.7 Å². The van der Waals surface area contributed by atoms with Gasteiger partial charge in [0.25, 0.3) is 11.8 Å². The third-order valence-electron chi connectivity index (χ3n) is 5.29. The van der Waals surface area contributed by atoms with Gasteiger partial charge in [0.15, 0.2) is 6.61 Å². The molecule has 0 bridgehead atoms. The first-order valence-electron chi connectivity index (χ1n) is 11.0. The van der Waals surface area contributed by atoms with Gasteiger partial charge in [-0.25, -0.2) is 9.59 Å². The van der Waals surface area contributed by atoms with E-state index in [0.29, 0.717) is 16.3 Å². The van der Waals surface area contributed by atoms with E-state index < -0.39 is 17.9 Å². The maximum atomic E-state index is 12.9. The number of benzene rings is 2. The second kappa shape index (κ2) is 11.0. The summed E-state index contributed by atoms with van der Waals surface area (Å²) in [7, 11) is 1.21. The smallest absolute Gasteiger partial charge is 0.373 e.